The molecule has 138 valence electrons. The quantitative estimate of drug-likeness (QED) is 0.510. The molecule has 5 heteroatoms. The lowest BCUT2D eigenvalue weighted by Crippen LogP contribution is -2.29. The van der Waals surface area contributed by atoms with Crippen molar-refractivity contribution < 1.29 is 9.90 Å². The minimum absolute atomic E-state index is 0.0476. The molecule has 1 heterocycles. The summed E-state index contributed by atoms with van der Waals surface area (Å²) in [5.41, 5.74) is 2.41. The summed E-state index contributed by atoms with van der Waals surface area (Å²) in [6.07, 6.45) is 1.63. The van der Waals surface area contributed by atoms with Gasteiger partial charge in [0.25, 0.3) is 5.91 Å². The van der Waals surface area contributed by atoms with Crippen LogP contribution in [0.2, 0.25) is 5.02 Å². The number of carbonyl (C=O) groups is 1. The van der Waals surface area contributed by atoms with Gasteiger partial charge in [-0.3, -0.25) is 9.78 Å². The number of carbonyl (C=O) groups excluding carboxylic acids is 1. The van der Waals surface area contributed by atoms with Crippen molar-refractivity contribution in [1.82, 2.24) is 10.3 Å². The van der Waals surface area contributed by atoms with Gasteiger partial charge < -0.3 is 10.4 Å². The zero-order valence-electron chi connectivity index (χ0n) is 14.8. The number of amides is 1. The van der Waals surface area contributed by atoms with E-state index in [1.807, 2.05) is 54.6 Å². The van der Waals surface area contributed by atoms with Crippen molar-refractivity contribution in [3.8, 4) is 5.75 Å². The van der Waals surface area contributed by atoms with E-state index in [-0.39, 0.29) is 11.7 Å². The van der Waals surface area contributed by atoms with Crippen LogP contribution in [0.5, 0.6) is 5.75 Å². The first kappa shape index (κ1) is 18.0. The first-order chi connectivity index (χ1) is 13.6. The van der Waals surface area contributed by atoms with Crippen molar-refractivity contribution in [1.29, 1.82) is 0 Å². The summed E-state index contributed by atoms with van der Waals surface area (Å²) >= 11 is 6.03. The monoisotopic (exact) mass is 388 g/mol. The summed E-state index contributed by atoms with van der Waals surface area (Å²) in [5, 5.41) is 15.3. The normalized spacial score (nSPS) is 11.9. The molecule has 4 aromatic rings. The van der Waals surface area contributed by atoms with Crippen molar-refractivity contribution >= 4 is 28.4 Å². The minimum atomic E-state index is -0.559. The molecule has 1 atom stereocenters. The van der Waals surface area contributed by atoms with E-state index in [2.05, 4.69) is 10.3 Å². The lowest BCUT2D eigenvalue weighted by molar-refractivity contribution is 0.0942. The number of phenols is 1. The molecule has 28 heavy (non-hydrogen) atoms. The van der Waals surface area contributed by atoms with E-state index in [0.717, 1.165) is 10.9 Å². The van der Waals surface area contributed by atoms with Gasteiger partial charge in [0.1, 0.15) is 11.3 Å². The number of nitrogens with one attached hydrogen (secondary N) is 1. The van der Waals surface area contributed by atoms with Gasteiger partial charge in [-0.2, -0.15) is 0 Å². The maximum absolute atomic E-state index is 12.8. The maximum Gasteiger partial charge on any atom is 0.252 e. The van der Waals surface area contributed by atoms with Gasteiger partial charge in [0.05, 0.1) is 6.04 Å². The smallest absolute Gasteiger partial charge is 0.252 e. The second-order valence-corrected chi connectivity index (χ2v) is 6.84. The Kier molecular flexibility index (Phi) is 4.96. The molecule has 0 unspecified atom stereocenters. The summed E-state index contributed by atoms with van der Waals surface area (Å²) in [7, 11) is 0. The summed E-state index contributed by atoms with van der Waals surface area (Å²) in [5.74, 6) is -0.188. The molecular formula is C23H17ClN2O2. The predicted octanol–water partition coefficient (Wildman–Crippen LogP) is 5.11. The molecule has 0 fully saturated rings. The number of nitrogens with zero attached hydrogens (tertiary/aromatic N) is 1. The summed E-state index contributed by atoms with van der Waals surface area (Å²) < 4.78 is 0. The maximum atomic E-state index is 12.8. The molecule has 0 saturated heterocycles. The molecule has 1 aromatic heterocycles. The van der Waals surface area contributed by atoms with Crippen LogP contribution in [0.4, 0.5) is 0 Å². The first-order valence-electron chi connectivity index (χ1n) is 8.81. The van der Waals surface area contributed by atoms with Crippen LogP contribution in [0, 0.1) is 0 Å². The van der Waals surface area contributed by atoms with Crippen LogP contribution in [0.25, 0.3) is 10.9 Å². The zero-order valence-corrected chi connectivity index (χ0v) is 15.6. The van der Waals surface area contributed by atoms with Gasteiger partial charge in [0, 0.05) is 27.7 Å². The number of aromatic hydroxyl groups is 1. The van der Waals surface area contributed by atoms with Crippen molar-refractivity contribution in [2.45, 2.75) is 6.04 Å². The number of aromatic nitrogens is 1. The van der Waals surface area contributed by atoms with Gasteiger partial charge in [0.15, 0.2) is 0 Å². The van der Waals surface area contributed by atoms with E-state index < -0.39 is 6.04 Å². The van der Waals surface area contributed by atoms with Crippen molar-refractivity contribution in [3.63, 3.8) is 0 Å². The Labute approximate surface area is 167 Å². The Hall–Kier alpha value is -3.37. The van der Waals surface area contributed by atoms with Crippen molar-refractivity contribution in [2.75, 3.05) is 0 Å². The average molecular weight is 389 g/mol. The van der Waals surface area contributed by atoms with E-state index in [1.165, 1.54) is 0 Å². The predicted molar refractivity (Wildman–Crippen MR) is 111 cm³/mol. The molecule has 0 saturated carbocycles. The van der Waals surface area contributed by atoms with Crippen molar-refractivity contribution in [3.05, 3.63) is 107 Å². The molecule has 4 rings (SSSR count). The van der Waals surface area contributed by atoms with E-state index in [9.17, 15) is 9.90 Å². The van der Waals surface area contributed by atoms with Crippen LogP contribution in [0.3, 0.4) is 0 Å². The van der Waals surface area contributed by atoms with Crippen molar-refractivity contribution in [2.24, 2.45) is 0 Å². The first-order valence-corrected chi connectivity index (χ1v) is 9.19. The summed E-state index contributed by atoms with van der Waals surface area (Å²) in [6.45, 7) is 0. The van der Waals surface area contributed by atoms with Gasteiger partial charge in [0.2, 0.25) is 0 Å². The van der Waals surface area contributed by atoms with Crippen LogP contribution in [0.1, 0.15) is 27.5 Å². The fraction of sp³-hybridized carbons (Fsp3) is 0.0435. The highest BCUT2D eigenvalue weighted by molar-refractivity contribution is 6.30. The lowest BCUT2D eigenvalue weighted by Gasteiger charge is -2.21. The van der Waals surface area contributed by atoms with Crippen LogP contribution in [0.15, 0.2) is 85.1 Å². The summed E-state index contributed by atoms with van der Waals surface area (Å²) in [6, 6.07) is 23.0. The molecule has 2 N–H and O–H groups in total. The number of benzene rings is 3. The fourth-order valence-electron chi connectivity index (χ4n) is 3.18. The van der Waals surface area contributed by atoms with Crippen LogP contribution >= 0.6 is 11.6 Å². The molecule has 0 spiro atoms. The van der Waals surface area contributed by atoms with E-state index in [1.54, 1.807) is 30.5 Å². The molecule has 0 radical (unpaired) electrons. The highest BCUT2D eigenvalue weighted by Gasteiger charge is 2.22. The molecule has 0 bridgehead atoms. The van der Waals surface area contributed by atoms with Crippen LogP contribution in [-0.4, -0.2) is 16.0 Å². The Bertz CT molecular complexity index is 1130. The number of halogens is 1. The molecule has 1 amide bonds. The largest absolute Gasteiger partial charge is 0.505 e. The third-order valence-corrected chi connectivity index (χ3v) is 4.86. The lowest BCUT2D eigenvalue weighted by atomic mass is 9.96. The van der Waals surface area contributed by atoms with Gasteiger partial charge in [-0.15, -0.1) is 0 Å². The second-order valence-electron chi connectivity index (χ2n) is 6.40. The SMILES string of the molecule is O=C(N[C@H](c1ccc(Cl)cc1)c1ccc2cccnc2c1O)c1ccccc1. The van der Waals surface area contributed by atoms with Gasteiger partial charge in [-0.05, 0) is 35.9 Å². The molecule has 3 aromatic carbocycles. The number of hydrogen-bond acceptors (Lipinski definition) is 3. The number of fused-ring (bicyclic) bond motifs is 1. The Morgan fingerprint density at radius 2 is 1.68 bits per heavy atom. The van der Waals surface area contributed by atoms with Crippen LogP contribution < -0.4 is 5.32 Å². The molecule has 0 aliphatic heterocycles. The third kappa shape index (κ3) is 3.55. The van der Waals surface area contributed by atoms with Crippen LogP contribution in [-0.2, 0) is 0 Å². The molecule has 0 aliphatic carbocycles. The average Bonchev–Trinajstić information content (AvgIpc) is 2.74. The highest BCUT2D eigenvalue weighted by atomic mass is 35.5. The van der Waals surface area contributed by atoms with E-state index >= 15 is 0 Å². The fourth-order valence-corrected chi connectivity index (χ4v) is 3.30. The Morgan fingerprint density at radius 3 is 2.43 bits per heavy atom. The standard InChI is InChI=1S/C23H17ClN2O2/c24-18-11-8-16(9-12-18)20(26-23(28)17-5-2-1-3-6-17)19-13-10-15-7-4-14-25-21(15)22(19)27/h1-14,20,27H,(H,26,28)/t20-/m1/s1. The number of rotatable bonds is 4. The highest BCUT2D eigenvalue weighted by Crippen LogP contribution is 2.35. The van der Waals surface area contributed by atoms with Gasteiger partial charge >= 0.3 is 0 Å². The van der Waals surface area contributed by atoms with Gasteiger partial charge in [-0.25, -0.2) is 0 Å². The second kappa shape index (κ2) is 7.71. The molecular weight excluding hydrogens is 372 g/mol. The summed E-state index contributed by atoms with van der Waals surface area (Å²) in [4.78, 5) is 17.1. The zero-order chi connectivity index (χ0) is 19.5. The molecule has 4 nitrogen and oxygen atoms in total. The number of hydrogen-bond donors (Lipinski definition) is 2. The number of pyridine rings is 1. The topological polar surface area (TPSA) is 62.2 Å². The van der Waals surface area contributed by atoms with Gasteiger partial charge in [-0.1, -0.05) is 60.1 Å². The third-order valence-electron chi connectivity index (χ3n) is 4.60. The number of phenolic OH excluding ortho intramolecular Hbond substituents is 1. The minimum Gasteiger partial charge on any atom is -0.505 e. The Balaban J connectivity index is 1.80. The molecule has 0 aliphatic rings. The van der Waals surface area contributed by atoms with E-state index in [4.69, 9.17) is 11.6 Å². The Morgan fingerprint density at radius 1 is 0.929 bits per heavy atom. The van der Waals surface area contributed by atoms with E-state index in [0.29, 0.717) is 21.7 Å².